The van der Waals surface area contributed by atoms with Gasteiger partial charge in [-0.15, -0.1) is 0 Å². The van der Waals surface area contributed by atoms with E-state index in [9.17, 15) is 0 Å². The summed E-state index contributed by atoms with van der Waals surface area (Å²) in [6, 6.07) is 0. The van der Waals surface area contributed by atoms with Gasteiger partial charge in [0.25, 0.3) is 0 Å². The van der Waals surface area contributed by atoms with Gasteiger partial charge in [0.05, 0.1) is 21.9 Å². The first-order chi connectivity index (χ1) is 4.95. The summed E-state index contributed by atoms with van der Waals surface area (Å²) in [6.45, 7) is 2.04. The second-order valence-electron chi connectivity index (χ2n) is 3.18. The molecule has 2 nitrogen and oxygen atoms in total. The van der Waals surface area contributed by atoms with Crippen molar-refractivity contribution in [2.24, 2.45) is 0 Å². The van der Waals surface area contributed by atoms with Crippen LogP contribution in [0.1, 0.15) is 19.3 Å². The van der Waals surface area contributed by atoms with Gasteiger partial charge < -0.3 is 9.47 Å². The molecule has 2 fully saturated rings. The van der Waals surface area contributed by atoms with Gasteiger partial charge in [-0.05, 0) is 19.3 Å². The van der Waals surface area contributed by atoms with Gasteiger partial charge in [0.15, 0.2) is 0 Å². The lowest BCUT2D eigenvalue weighted by Crippen LogP contribution is -2.28. The fraction of sp³-hybridized carbons (Fsp3) is 1.00. The maximum absolute atomic E-state index is 5.61. The molecule has 2 aliphatic heterocycles. The maximum Gasteiger partial charge on any atom is 0.0929 e. The van der Waals surface area contributed by atoms with Crippen molar-refractivity contribution in [2.45, 2.75) is 30.7 Å². The van der Waals surface area contributed by atoms with Gasteiger partial charge in [-0.2, -0.15) is 0 Å². The minimum Gasteiger partial charge on any atom is -0.382 e. The van der Waals surface area contributed by atoms with Crippen molar-refractivity contribution in [1.29, 1.82) is 0 Å². The van der Waals surface area contributed by atoms with Crippen LogP contribution in [0.3, 0.4) is 0 Å². The van der Waals surface area contributed by atoms with Crippen molar-refractivity contribution in [3.8, 4) is 0 Å². The molecule has 2 atom stereocenters. The fourth-order valence-corrected chi connectivity index (χ4v) is 3.31. The van der Waals surface area contributed by atoms with Gasteiger partial charge in [0.2, 0.25) is 0 Å². The molecule has 3 heteroatoms. The summed E-state index contributed by atoms with van der Waals surface area (Å²) >= 11 is 0. The Labute approximate surface area is 63.7 Å². The first kappa shape index (κ1) is 6.82. The molecule has 10 heavy (non-hydrogen) atoms. The van der Waals surface area contributed by atoms with E-state index in [1.807, 2.05) is 0 Å². The normalized spacial score (nSPS) is 40.8. The quantitative estimate of drug-likeness (QED) is 0.418. The van der Waals surface area contributed by atoms with Crippen LogP contribution in [0.15, 0.2) is 0 Å². The molecule has 2 rings (SSSR count). The summed E-state index contributed by atoms with van der Waals surface area (Å²) in [5.41, 5.74) is 1.34. The van der Waals surface area contributed by atoms with Crippen LogP contribution in [0.2, 0.25) is 0 Å². The summed E-state index contributed by atoms with van der Waals surface area (Å²) in [5.74, 6) is 0. The SMILES string of the molecule is C1CCC([SiH2]C2CO2)OC1. The van der Waals surface area contributed by atoms with E-state index in [0.717, 1.165) is 13.2 Å². The smallest absolute Gasteiger partial charge is 0.0929 e. The molecule has 58 valence electrons. The van der Waals surface area contributed by atoms with E-state index in [2.05, 4.69) is 0 Å². The van der Waals surface area contributed by atoms with Gasteiger partial charge in [-0.3, -0.25) is 0 Å². The Morgan fingerprint density at radius 2 is 2.00 bits per heavy atom. The van der Waals surface area contributed by atoms with Crippen LogP contribution in [-0.2, 0) is 9.47 Å². The predicted octanol–water partition coefficient (Wildman–Crippen LogP) is 0.0381. The van der Waals surface area contributed by atoms with Crippen molar-refractivity contribution < 1.29 is 9.47 Å². The lowest BCUT2D eigenvalue weighted by molar-refractivity contribution is 0.0642. The largest absolute Gasteiger partial charge is 0.382 e. The highest BCUT2D eigenvalue weighted by molar-refractivity contribution is 6.40. The van der Waals surface area contributed by atoms with E-state index in [4.69, 9.17) is 9.47 Å². The minimum atomic E-state index is -0.0330. The molecule has 0 aromatic carbocycles. The van der Waals surface area contributed by atoms with Gasteiger partial charge in [0, 0.05) is 12.3 Å². The lowest BCUT2D eigenvalue weighted by Gasteiger charge is -2.21. The summed E-state index contributed by atoms with van der Waals surface area (Å²) in [5, 5.41) is 0. The van der Waals surface area contributed by atoms with Gasteiger partial charge in [0.1, 0.15) is 0 Å². The van der Waals surface area contributed by atoms with Crippen LogP contribution in [0.25, 0.3) is 0 Å². The number of epoxide rings is 1. The van der Waals surface area contributed by atoms with Crippen LogP contribution in [-0.4, -0.2) is 34.2 Å². The molecule has 0 radical (unpaired) electrons. The Balaban J connectivity index is 1.69. The number of ether oxygens (including phenoxy) is 2. The average Bonchev–Trinajstić information content (AvgIpc) is 2.74. The van der Waals surface area contributed by atoms with Crippen LogP contribution >= 0.6 is 0 Å². The van der Waals surface area contributed by atoms with Crippen LogP contribution in [0, 0.1) is 0 Å². The maximum atomic E-state index is 5.61. The average molecular weight is 158 g/mol. The molecule has 0 aromatic heterocycles. The predicted molar refractivity (Wildman–Crippen MR) is 41.9 cm³/mol. The van der Waals surface area contributed by atoms with E-state index in [-0.39, 0.29) is 9.52 Å². The molecule has 0 spiro atoms. The monoisotopic (exact) mass is 158 g/mol. The summed E-state index contributed by atoms with van der Waals surface area (Å²) in [6.07, 6.45) is 3.97. The molecule has 0 aliphatic carbocycles. The molecule has 0 N–H and O–H groups in total. The minimum absolute atomic E-state index is 0.0330. The first-order valence-corrected chi connectivity index (χ1v) is 5.81. The van der Waals surface area contributed by atoms with E-state index < -0.39 is 0 Å². The van der Waals surface area contributed by atoms with E-state index in [0.29, 0.717) is 11.5 Å². The number of hydrogen-bond acceptors (Lipinski definition) is 2. The third-order valence-electron chi connectivity index (χ3n) is 2.20. The molecule has 0 amide bonds. The zero-order chi connectivity index (χ0) is 6.81. The highest BCUT2D eigenvalue weighted by Crippen LogP contribution is 2.16. The summed E-state index contributed by atoms with van der Waals surface area (Å²) in [4.78, 5) is 0. The van der Waals surface area contributed by atoms with Crippen molar-refractivity contribution in [1.82, 2.24) is 0 Å². The zero-order valence-corrected chi connectivity index (χ0v) is 7.63. The second-order valence-corrected chi connectivity index (χ2v) is 5.47. The van der Waals surface area contributed by atoms with Crippen molar-refractivity contribution in [3.05, 3.63) is 0 Å². The lowest BCUT2D eigenvalue weighted by atomic mass is 10.2. The molecule has 2 saturated heterocycles. The molecular weight excluding hydrogens is 144 g/mol. The second kappa shape index (κ2) is 3.03. The van der Waals surface area contributed by atoms with E-state index >= 15 is 0 Å². The number of rotatable bonds is 2. The topological polar surface area (TPSA) is 21.8 Å². The highest BCUT2D eigenvalue weighted by atomic mass is 28.2. The van der Waals surface area contributed by atoms with Crippen molar-refractivity contribution >= 4 is 9.52 Å². The van der Waals surface area contributed by atoms with E-state index in [1.54, 1.807) is 0 Å². The molecular formula is C7H14O2Si. The first-order valence-electron chi connectivity index (χ1n) is 4.18. The molecule has 2 heterocycles. The third-order valence-corrected chi connectivity index (χ3v) is 4.37. The Morgan fingerprint density at radius 3 is 2.60 bits per heavy atom. The fourth-order valence-electron chi connectivity index (χ4n) is 1.49. The van der Waals surface area contributed by atoms with Gasteiger partial charge >= 0.3 is 0 Å². The summed E-state index contributed by atoms with van der Waals surface area (Å²) < 4.78 is 10.8. The Kier molecular flexibility index (Phi) is 2.07. The van der Waals surface area contributed by atoms with Crippen molar-refractivity contribution in [2.75, 3.05) is 13.2 Å². The van der Waals surface area contributed by atoms with Gasteiger partial charge in [-0.1, -0.05) is 0 Å². The molecule has 2 aliphatic rings. The standard InChI is InChI=1S/C7H14O2Si/c1-2-4-8-6(3-1)10-7-5-9-7/h6-7H,1-5,10H2. The summed E-state index contributed by atoms with van der Waals surface area (Å²) in [7, 11) is -0.0330. The Hall–Kier alpha value is 0.137. The van der Waals surface area contributed by atoms with Crippen LogP contribution in [0.4, 0.5) is 0 Å². The zero-order valence-electron chi connectivity index (χ0n) is 6.21. The van der Waals surface area contributed by atoms with Crippen LogP contribution in [0.5, 0.6) is 0 Å². The molecule has 0 saturated carbocycles. The highest BCUT2D eigenvalue weighted by Gasteiger charge is 2.28. The van der Waals surface area contributed by atoms with Crippen LogP contribution < -0.4 is 0 Å². The molecule has 2 unspecified atom stereocenters. The Bertz CT molecular complexity index is 108. The number of hydrogen-bond donors (Lipinski definition) is 0. The molecule has 0 bridgehead atoms. The van der Waals surface area contributed by atoms with Gasteiger partial charge in [-0.25, -0.2) is 0 Å². The Morgan fingerprint density at radius 1 is 1.10 bits per heavy atom. The van der Waals surface area contributed by atoms with Crippen molar-refractivity contribution in [3.63, 3.8) is 0 Å². The van der Waals surface area contributed by atoms with E-state index in [1.165, 1.54) is 19.3 Å². The third kappa shape index (κ3) is 1.81. The molecule has 0 aromatic rings.